The monoisotopic (exact) mass is 367 g/mol. The van der Waals surface area contributed by atoms with Gasteiger partial charge >= 0.3 is 5.69 Å². The SMILES string of the molecule is O=c1c2ncccc2n(Cc2ccccc2F)c(=O)n1Cc1cccs1. The lowest BCUT2D eigenvalue weighted by atomic mass is 10.2. The Morgan fingerprint density at radius 2 is 1.81 bits per heavy atom. The molecule has 0 N–H and O–H groups in total. The third-order valence-corrected chi connectivity index (χ3v) is 5.03. The Morgan fingerprint density at radius 1 is 0.962 bits per heavy atom. The van der Waals surface area contributed by atoms with Crippen molar-refractivity contribution in [3.63, 3.8) is 0 Å². The van der Waals surface area contributed by atoms with E-state index in [-0.39, 0.29) is 18.6 Å². The maximum Gasteiger partial charge on any atom is 0.332 e. The highest BCUT2D eigenvalue weighted by Crippen LogP contribution is 2.13. The highest BCUT2D eigenvalue weighted by Gasteiger charge is 2.15. The standard InChI is InChI=1S/C19H14FN3O2S/c20-15-7-2-1-5-13(15)11-22-16-8-3-9-21-17(16)18(24)23(19(22)25)12-14-6-4-10-26-14/h1-10H,11-12H2. The quantitative estimate of drug-likeness (QED) is 0.557. The molecule has 1 aromatic carbocycles. The molecule has 0 aliphatic carbocycles. The van der Waals surface area contributed by atoms with E-state index in [0.29, 0.717) is 11.1 Å². The summed E-state index contributed by atoms with van der Waals surface area (Å²) in [6, 6.07) is 13.3. The van der Waals surface area contributed by atoms with Crippen molar-refractivity contribution in [2.45, 2.75) is 13.1 Å². The van der Waals surface area contributed by atoms with E-state index in [1.54, 1.807) is 30.3 Å². The molecule has 0 aliphatic heterocycles. The second-order valence-corrected chi connectivity index (χ2v) is 6.83. The van der Waals surface area contributed by atoms with Crippen LogP contribution in [0.25, 0.3) is 11.0 Å². The van der Waals surface area contributed by atoms with Gasteiger partial charge in [0.1, 0.15) is 5.82 Å². The Bertz CT molecular complexity index is 1200. The summed E-state index contributed by atoms with van der Waals surface area (Å²) >= 11 is 1.46. The van der Waals surface area contributed by atoms with Gasteiger partial charge < -0.3 is 0 Å². The number of hydrogen-bond donors (Lipinski definition) is 0. The van der Waals surface area contributed by atoms with Gasteiger partial charge in [-0.1, -0.05) is 24.3 Å². The van der Waals surface area contributed by atoms with Gasteiger partial charge in [0.05, 0.1) is 18.6 Å². The molecule has 3 heterocycles. The molecular weight excluding hydrogens is 353 g/mol. The lowest BCUT2D eigenvalue weighted by molar-refractivity contribution is 0.584. The van der Waals surface area contributed by atoms with Crippen LogP contribution in [0, 0.1) is 5.82 Å². The molecule has 4 rings (SSSR count). The van der Waals surface area contributed by atoms with Gasteiger partial charge in [-0.3, -0.25) is 13.9 Å². The molecule has 3 aromatic heterocycles. The molecule has 26 heavy (non-hydrogen) atoms. The summed E-state index contributed by atoms with van der Waals surface area (Å²) < 4.78 is 16.6. The van der Waals surface area contributed by atoms with Gasteiger partial charge in [-0.15, -0.1) is 11.3 Å². The predicted molar refractivity (Wildman–Crippen MR) is 99.2 cm³/mol. The Balaban J connectivity index is 1.95. The van der Waals surface area contributed by atoms with Gasteiger partial charge in [-0.05, 0) is 29.6 Å². The zero-order chi connectivity index (χ0) is 18.1. The molecule has 0 spiro atoms. The number of nitrogens with zero attached hydrogens (tertiary/aromatic N) is 3. The smallest absolute Gasteiger partial charge is 0.287 e. The van der Waals surface area contributed by atoms with Crippen molar-refractivity contribution < 1.29 is 4.39 Å². The zero-order valence-electron chi connectivity index (χ0n) is 13.6. The summed E-state index contributed by atoms with van der Waals surface area (Å²) in [5.74, 6) is -0.396. The maximum absolute atomic E-state index is 14.1. The minimum Gasteiger partial charge on any atom is -0.287 e. The first-order valence-electron chi connectivity index (χ1n) is 7.99. The van der Waals surface area contributed by atoms with Crippen LogP contribution in [0.5, 0.6) is 0 Å². The van der Waals surface area contributed by atoms with Crippen LogP contribution in [-0.2, 0) is 13.1 Å². The summed E-state index contributed by atoms with van der Waals surface area (Å²) in [7, 11) is 0. The van der Waals surface area contributed by atoms with Crippen LogP contribution in [-0.4, -0.2) is 14.1 Å². The highest BCUT2D eigenvalue weighted by atomic mass is 32.1. The number of pyridine rings is 1. The summed E-state index contributed by atoms with van der Waals surface area (Å²) in [5.41, 5.74) is 0.0465. The van der Waals surface area contributed by atoms with Crippen molar-refractivity contribution in [3.8, 4) is 0 Å². The van der Waals surface area contributed by atoms with E-state index in [1.807, 2.05) is 17.5 Å². The first-order chi connectivity index (χ1) is 12.6. The number of halogens is 1. The summed E-state index contributed by atoms with van der Waals surface area (Å²) in [5, 5.41) is 1.89. The zero-order valence-corrected chi connectivity index (χ0v) is 14.4. The van der Waals surface area contributed by atoms with E-state index in [0.717, 1.165) is 9.44 Å². The minimum atomic E-state index is -0.479. The second-order valence-electron chi connectivity index (χ2n) is 5.80. The first-order valence-corrected chi connectivity index (χ1v) is 8.87. The van der Waals surface area contributed by atoms with Crippen molar-refractivity contribution in [2.75, 3.05) is 0 Å². The number of aromatic nitrogens is 3. The average molecular weight is 367 g/mol. The van der Waals surface area contributed by atoms with Crippen LogP contribution in [0.3, 0.4) is 0 Å². The topological polar surface area (TPSA) is 56.9 Å². The molecule has 0 atom stereocenters. The minimum absolute atomic E-state index is 0.0262. The van der Waals surface area contributed by atoms with Crippen LogP contribution >= 0.6 is 11.3 Å². The average Bonchev–Trinajstić information content (AvgIpc) is 3.17. The molecular formula is C19H14FN3O2S. The van der Waals surface area contributed by atoms with Crippen LogP contribution in [0.2, 0.25) is 0 Å². The lowest BCUT2D eigenvalue weighted by Crippen LogP contribution is -2.40. The molecule has 0 amide bonds. The Kier molecular flexibility index (Phi) is 4.22. The Hall–Kier alpha value is -3.06. The maximum atomic E-state index is 14.1. The van der Waals surface area contributed by atoms with E-state index >= 15 is 0 Å². The van der Waals surface area contributed by atoms with E-state index in [4.69, 9.17) is 0 Å². The summed E-state index contributed by atoms with van der Waals surface area (Å²) in [4.78, 5) is 30.8. The van der Waals surface area contributed by atoms with Crippen molar-refractivity contribution in [2.24, 2.45) is 0 Å². The van der Waals surface area contributed by atoms with Gasteiger partial charge in [0.25, 0.3) is 5.56 Å². The van der Waals surface area contributed by atoms with Crippen molar-refractivity contribution in [3.05, 3.63) is 97.2 Å². The fourth-order valence-corrected chi connectivity index (χ4v) is 3.58. The Labute approximate surface area is 151 Å². The molecule has 5 nitrogen and oxygen atoms in total. The first kappa shape index (κ1) is 16.4. The van der Waals surface area contributed by atoms with Crippen molar-refractivity contribution >= 4 is 22.4 Å². The largest absolute Gasteiger partial charge is 0.332 e. The van der Waals surface area contributed by atoms with Crippen molar-refractivity contribution in [1.82, 2.24) is 14.1 Å². The molecule has 0 saturated carbocycles. The summed E-state index contributed by atoms with van der Waals surface area (Å²) in [6.45, 7) is 0.192. The molecule has 130 valence electrons. The third kappa shape index (κ3) is 2.86. The number of thiophene rings is 1. The van der Waals surface area contributed by atoms with Gasteiger partial charge in [0, 0.05) is 16.6 Å². The number of hydrogen-bond acceptors (Lipinski definition) is 4. The highest BCUT2D eigenvalue weighted by molar-refractivity contribution is 7.09. The van der Waals surface area contributed by atoms with Gasteiger partial charge in [-0.25, -0.2) is 14.2 Å². The van der Waals surface area contributed by atoms with E-state index in [2.05, 4.69) is 4.98 Å². The molecule has 0 unspecified atom stereocenters. The molecule has 0 saturated heterocycles. The van der Waals surface area contributed by atoms with Crippen LogP contribution in [0.1, 0.15) is 10.4 Å². The van der Waals surface area contributed by atoms with Crippen LogP contribution in [0.15, 0.2) is 69.7 Å². The fraction of sp³-hybridized carbons (Fsp3) is 0.105. The van der Waals surface area contributed by atoms with Gasteiger partial charge in [0.15, 0.2) is 5.52 Å². The van der Waals surface area contributed by atoms with E-state index in [9.17, 15) is 14.0 Å². The molecule has 0 bridgehead atoms. The normalized spacial score (nSPS) is 11.1. The second kappa shape index (κ2) is 6.68. The number of rotatable bonds is 4. The molecule has 0 radical (unpaired) electrons. The molecule has 0 fully saturated rings. The predicted octanol–water partition coefficient (Wildman–Crippen LogP) is 2.86. The van der Waals surface area contributed by atoms with E-state index in [1.165, 1.54) is 28.2 Å². The molecule has 4 aromatic rings. The summed E-state index contributed by atoms with van der Waals surface area (Å²) in [6.07, 6.45) is 1.51. The van der Waals surface area contributed by atoms with Crippen LogP contribution < -0.4 is 11.2 Å². The molecule has 7 heteroatoms. The van der Waals surface area contributed by atoms with E-state index < -0.39 is 17.1 Å². The van der Waals surface area contributed by atoms with Crippen LogP contribution in [0.4, 0.5) is 4.39 Å². The van der Waals surface area contributed by atoms with Gasteiger partial charge in [0.2, 0.25) is 0 Å². The Morgan fingerprint density at radius 3 is 2.58 bits per heavy atom. The van der Waals surface area contributed by atoms with Gasteiger partial charge in [-0.2, -0.15) is 0 Å². The number of benzene rings is 1. The third-order valence-electron chi connectivity index (χ3n) is 4.17. The fourth-order valence-electron chi connectivity index (χ4n) is 2.89. The molecule has 0 aliphatic rings. The van der Waals surface area contributed by atoms with Crippen molar-refractivity contribution in [1.29, 1.82) is 0 Å². The lowest BCUT2D eigenvalue weighted by Gasteiger charge is -2.13. The number of fused-ring (bicyclic) bond motifs is 1.